The van der Waals surface area contributed by atoms with Gasteiger partial charge in [-0.05, 0) is 6.92 Å². The highest BCUT2D eigenvalue weighted by Gasteiger charge is 2.01. The van der Waals surface area contributed by atoms with Crippen molar-refractivity contribution >= 4 is 17.8 Å². The average molecular weight is 192 g/mol. The van der Waals surface area contributed by atoms with Gasteiger partial charge >= 0.3 is 0 Å². The van der Waals surface area contributed by atoms with E-state index in [-0.39, 0.29) is 5.95 Å². The Morgan fingerprint density at radius 3 is 2.50 bits per heavy atom. The van der Waals surface area contributed by atoms with Crippen LogP contribution in [0.3, 0.4) is 0 Å². The quantitative estimate of drug-likeness (QED) is 0.579. The lowest BCUT2D eigenvalue weighted by Gasteiger charge is -2.05. The number of anilines is 3. The summed E-state index contributed by atoms with van der Waals surface area (Å²) in [6, 6.07) is 0. The predicted molar refractivity (Wildman–Crippen MR) is 55.7 cm³/mol. The topological polar surface area (TPSA) is 88.8 Å². The number of hydrogen-bond acceptors (Lipinski definition) is 6. The highest BCUT2D eigenvalue weighted by molar-refractivity contribution is 5.40. The van der Waals surface area contributed by atoms with Crippen molar-refractivity contribution in [1.82, 2.24) is 15.0 Å². The summed E-state index contributed by atoms with van der Waals surface area (Å²) in [6.45, 7) is 3.02. The minimum Gasteiger partial charge on any atom is -0.368 e. The van der Waals surface area contributed by atoms with Gasteiger partial charge in [0, 0.05) is 6.54 Å². The van der Waals surface area contributed by atoms with Crippen molar-refractivity contribution in [2.75, 3.05) is 29.5 Å². The first kappa shape index (κ1) is 10.1. The maximum Gasteiger partial charge on any atom is 0.230 e. The first-order chi connectivity index (χ1) is 6.76. The number of nitrogen functional groups attached to an aromatic ring is 1. The molecule has 0 bridgehead atoms. The van der Waals surface area contributed by atoms with Crippen LogP contribution < -0.4 is 16.4 Å². The van der Waals surface area contributed by atoms with Gasteiger partial charge in [-0.15, -0.1) is 6.42 Å². The van der Waals surface area contributed by atoms with Gasteiger partial charge in [-0.25, -0.2) is 0 Å². The van der Waals surface area contributed by atoms with Gasteiger partial charge in [0.15, 0.2) is 0 Å². The molecule has 1 rings (SSSR count). The Bertz CT molecular complexity index is 342. The first-order valence-corrected chi connectivity index (χ1v) is 4.19. The fraction of sp³-hybridized carbons (Fsp3) is 0.375. The number of nitrogens with zero attached hydrogens (tertiary/aromatic N) is 3. The minimum atomic E-state index is 0.162. The van der Waals surface area contributed by atoms with Crippen LogP contribution in [0.25, 0.3) is 0 Å². The summed E-state index contributed by atoms with van der Waals surface area (Å²) in [5, 5.41) is 5.75. The zero-order valence-electron chi connectivity index (χ0n) is 7.91. The number of terminal acetylenes is 1. The van der Waals surface area contributed by atoms with Crippen LogP contribution in [0.5, 0.6) is 0 Å². The van der Waals surface area contributed by atoms with Crippen LogP contribution in [-0.2, 0) is 0 Å². The SMILES string of the molecule is C#CCNc1nc(N)nc(NCC)n1. The molecule has 0 amide bonds. The van der Waals surface area contributed by atoms with Crippen molar-refractivity contribution in [2.24, 2.45) is 0 Å². The lowest BCUT2D eigenvalue weighted by molar-refractivity contribution is 1.02. The normalized spacial score (nSPS) is 9.14. The maximum atomic E-state index is 5.47. The van der Waals surface area contributed by atoms with Gasteiger partial charge in [-0.1, -0.05) is 5.92 Å². The summed E-state index contributed by atoms with van der Waals surface area (Å²) in [7, 11) is 0. The molecular weight excluding hydrogens is 180 g/mol. The molecule has 1 aromatic rings. The van der Waals surface area contributed by atoms with Crippen LogP contribution in [0.1, 0.15) is 6.92 Å². The number of nitrogens with one attached hydrogen (secondary N) is 2. The average Bonchev–Trinajstić information content (AvgIpc) is 2.14. The number of hydrogen-bond donors (Lipinski definition) is 3. The molecule has 6 heteroatoms. The van der Waals surface area contributed by atoms with Gasteiger partial charge in [0.1, 0.15) is 0 Å². The van der Waals surface area contributed by atoms with Gasteiger partial charge in [-0.2, -0.15) is 15.0 Å². The Hall–Kier alpha value is -2.03. The van der Waals surface area contributed by atoms with E-state index in [0.717, 1.165) is 6.54 Å². The molecule has 0 saturated heterocycles. The van der Waals surface area contributed by atoms with E-state index in [1.165, 1.54) is 0 Å². The molecule has 6 nitrogen and oxygen atoms in total. The molecule has 0 aliphatic carbocycles. The highest BCUT2D eigenvalue weighted by Crippen LogP contribution is 2.05. The smallest absolute Gasteiger partial charge is 0.230 e. The van der Waals surface area contributed by atoms with Crippen LogP contribution in [0.4, 0.5) is 17.8 Å². The molecule has 0 atom stereocenters. The molecule has 4 N–H and O–H groups in total. The van der Waals surface area contributed by atoms with E-state index in [9.17, 15) is 0 Å². The molecule has 0 radical (unpaired) electrons. The van der Waals surface area contributed by atoms with Crippen LogP contribution in [-0.4, -0.2) is 28.0 Å². The molecule has 0 aliphatic rings. The third-order valence-corrected chi connectivity index (χ3v) is 1.34. The van der Waals surface area contributed by atoms with E-state index in [1.54, 1.807) is 0 Å². The number of rotatable bonds is 4. The lowest BCUT2D eigenvalue weighted by atomic mass is 10.6. The first-order valence-electron chi connectivity index (χ1n) is 4.19. The molecular formula is C8H12N6. The van der Waals surface area contributed by atoms with Crippen molar-refractivity contribution in [2.45, 2.75) is 6.92 Å². The summed E-state index contributed by atoms with van der Waals surface area (Å²) < 4.78 is 0. The monoisotopic (exact) mass is 192 g/mol. The van der Waals surface area contributed by atoms with Crippen molar-refractivity contribution in [1.29, 1.82) is 0 Å². The zero-order valence-corrected chi connectivity index (χ0v) is 7.91. The predicted octanol–water partition coefficient (Wildman–Crippen LogP) is -0.0693. The Kier molecular flexibility index (Phi) is 3.49. The largest absolute Gasteiger partial charge is 0.368 e. The van der Waals surface area contributed by atoms with Gasteiger partial charge < -0.3 is 16.4 Å². The van der Waals surface area contributed by atoms with Gasteiger partial charge in [0.25, 0.3) is 0 Å². The molecule has 74 valence electrons. The van der Waals surface area contributed by atoms with Crippen LogP contribution in [0.2, 0.25) is 0 Å². The fourth-order valence-corrected chi connectivity index (χ4v) is 0.839. The van der Waals surface area contributed by atoms with E-state index in [2.05, 4.69) is 31.5 Å². The van der Waals surface area contributed by atoms with Crippen molar-refractivity contribution in [3.05, 3.63) is 0 Å². The van der Waals surface area contributed by atoms with Crippen molar-refractivity contribution in [3.8, 4) is 12.3 Å². The van der Waals surface area contributed by atoms with Crippen LogP contribution >= 0.6 is 0 Å². The lowest BCUT2D eigenvalue weighted by Crippen LogP contribution is -2.10. The number of nitrogens with two attached hydrogens (primary N) is 1. The summed E-state index contributed by atoms with van der Waals surface area (Å²) in [5.41, 5.74) is 5.47. The molecule has 0 saturated carbocycles. The Morgan fingerprint density at radius 1 is 1.29 bits per heavy atom. The molecule has 0 aromatic carbocycles. The van der Waals surface area contributed by atoms with Gasteiger partial charge in [-0.3, -0.25) is 0 Å². The van der Waals surface area contributed by atoms with Crippen LogP contribution in [0.15, 0.2) is 0 Å². The minimum absolute atomic E-state index is 0.162. The standard InChI is InChI=1S/C8H12N6/c1-3-5-11-8-13-6(9)12-7(14-8)10-4-2/h1H,4-5H2,2H3,(H4,9,10,11,12,13,14). The summed E-state index contributed by atoms with van der Waals surface area (Å²) in [4.78, 5) is 11.8. The zero-order chi connectivity index (χ0) is 10.4. The van der Waals surface area contributed by atoms with Crippen LogP contribution in [0, 0.1) is 12.3 Å². The maximum absolute atomic E-state index is 5.47. The Morgan fingerprint density at radius 2 is 1.93 bits per heavy atom. The third kappa shape index (κ3) is 2.79. The molecule has 1 aromatic heterocycles. The number of aromatic nitrogens is 3. The Balaban J connectivity index is 2.79. The van der Waals surface area contributed by atoms with E-state index < -0.39 is 0 Å². The highest BCUT2D eigenvalue weighted by atomic mass is 15.2. The molecule has 14 heavy (non-hydrogen) atoms. The van der Waals surface area contributed by atoms with Crippen molar-refractivity contribution in [3.63, 3.8) is 0 Å². The second kappa shape index (κ2) is 4.87. The van der Waals surface area contributed by atoms with E-state index in [1.807, 2.05) is 6.92 Å². The molecule has 1 heterocycles. The molecule has 0 fully saturated rings. The molecule has 0 aliphatic heterocycles. The van der Waals surface area contributed by atoms with E-state index in [4.69, 9.17) is 12.2 Å². The summed E-state index contributed by atoms with van der Waals surface area (Å²) >= 11 is 0. The van der Waals surface area contributed by atoms with Gasteiger partial charge in [0.2, 0.25) is 17.8 Å². The Labute approximate surface area is 82.4 Å². The van der Waals surface area contributed by atoms with Crippen molar-refractivity contribution < 1.29 is 0 Å². The van der Waals surface area contributed by atoms with E-state index in [0.29, 0.717) is 18.4 Å². The van der Waals surface area contributed by atoms with E-state index >= 15 is 0 Å². The summed E-state index contributed by atoms with van der Waals surface area (Å²) in [5.74, 6) is 3.40. The second-order valence-corrected chi connectivity index (χ2v) is 2.43. The fourth-order valence-electron chi connectivity index (χ4n) is 0.839. The molecule has 0 unspecified atom stereocenters. The summed E-state index contributed by atoms with van der Waals surface area (Å²) in [6.07, 6.45) is 5.08. The molecule has 0 spiro atoms. The van der Waals surface area contributed by atoms with Gasteiger partial charge in [0.05, 0.1) is 6.54 Å². The third-order valence-electron chi connectivity index (χ3n) is 1.34. The second-order valence-electron chi connectivity index (χ2n) is 2.43.